The molecule has 1 heterocycles. The molecular formula is C9H11N3O2. The van der Waals surface area contributed by atoms with Gasteiger partial charge in [0.05, 0.1) is 6.54 Å². The second kappa shape index (κ2) is 4.96. The molecule has 0 unspecified atom stereocenters. The summed E-state index contributed by atoms with van der Waals surface area (Å²) < 4.78 is 0. The van der Waals surface area contributed by atoms with Gasteiger partial charge in [0.25, 0.3) is 0 Å². The van der Waals surface area contributed by atoms with E-state index in [1.54, 1.807) is 18.2 Å². The fourth-order valence-electron chi connectivity index (χ4n) is 0.867. The molecule has 2 amide bonds. The number of carbonyl (C=O) groups excluding carboxylic acids is 2. The Hall–Kier alpha value is -1.91. The summed E-state index contributed by atoms with van der Waals surface area (Å²) in [6.45, 7) is -0.0450. The molecule has 0 fully saturated rings. The third-order valence-corrected chi connectivity index (χ3v) is 1.59. The van der Waals surface area contributed by atoms with Gasteiger partial charge in [-0.1, -0.05) is 6.07 Å². The molecule has 0 saturated heterocycles. The Bertz CT molecular complexity index is 324. The Labute approximate surface area is 81.5 Å². The molecule has 0 aliphatic carbocycles. The van der Waals surface area contributed by atoms with Crippen molar-refractivity contribution in [3.8, 4) is 0 Å². The second-order valence-electron chi connectivity index (χ2n) is 2.57. The van der Waals surface area contributed by atoms with E-state index in [0.29, 0.717) is 5.69 Å². The maximum absolute atomic E-state index is 11.4. The molecule has 2 N–H and O–H groups in total. The fraction of sp³-hybridized carbons (Fsp3) is 0.222. The molecule has 0 aromatic carbocycles. The number of nitrogens with one attached hydrogen (secondary N) is 2. The van der Waals surface area contributed by atoms with Crippen molar-refractivity contribution in [1.82, 2.24) is 15.6 Å². The molecule has 0 aliphatic rings. The zero-order valence-electron chi connectivity index (χ0n) is 7.78. The van der Waals surface area contributed by atoms with E-state index in [1.165, 1.54) is 13.2 Å². The zero-order chi connectivity index (χ0) is 10.4. The molecule has 0 radical (unpaired) electrons. The van der Waals surface area contributed by atoms with Crippen molar-refractivity contribution in [3.63, 3.8) is 0 Å². The van der Waals surface area contributed by atoms with E-state index in [-0.39, 0.29) is 18.4 Å². The van der Waals surface area contributed by atoms with Crippen LogP contribution in [0.3, 0.4) is 0 Å². The Morgan fingerprint density at radius 3 is 2.79 bits per heavy atom. The first kappa shape index (κ1) is 10.2. The van der Waals surface area contributed by atoms with Crippen LogP contribution in [0, 0.1) is 0 Å². The van der Waals surface area contributed by atoms with Crippen LogP contribution in [0.15, 0.2) is 24.4 Å². The molecular weight excluding hydrogens is 182 g/mol. The lowest BCUT2D eigenvalue weighted by Crippen LogP contribution is -2.36. The quantitative estimate of drug-likeness (QED) is 0.673. The zero-order valence-corrected chi connectivity index (χ0v) is 7.78. The Morgan fingerprint density at radius 2 is 2.21 bits per heavy atom. The van der Waals surface area contributed by atoms with Gasteiger partial charge in [-0.3, -0.25) is 9.78 Å². The van der Waals surface area contributed by atoms with Gasteiger partial charge in [0.2, 0.25) is 0 Å². The molecule has 5 nitrogen and oxygen atoms in total. The summed E-state index contributed by atoms with van der Waals surface area (Å²) in [4.78, 5) is 26.0. The standard InChI is InChI=1S/C9H11N3O2/c1-10-9(14)12-6-8(13)7-4-2-3-5-11-7/h2-5H,6H2,1H3,(H2,10,12,14). The molecule has 0 atom stereocenters. The SMILES string of the molecule is CNC(=O)NCC(=O)c1ccccn1. The van der Waals surface area contributed by atoms with Crippen molar-refractivity contribution >= 4 is 11.8 Å². The first-order valence-electron chi connectivity index (χ1n) is 4.14. The van der Waals surface area contributed by atoms with E-state index in [1.807, 2.05) is 0 Å². The first-order chi connectivity index (χ1) is 6.74. The summed E-state index contributed by atoms with van der Waals surface area (Å²) in [6.07, 6.45) is 1.53. The largest absolute Gasteiger partial charge is 0.341 e. The lowest BCUT2D eigenvalue weighted by atomic mass is 10.2. The Morgan fingerprint density at radius 1 is 1.43 bits per heavy atom. The monoisotopic (exact) mass is 193 g/mol. The van der Waals surface area contributed by atoms with Gasteiger partial charge in [-0.15, -0.1) is 0 Å². The molecule has 0 spiro atoms. The third-order valence-electron chi connectivity index (χ3n) is 1.59. The van der Waals surface area contributed by atoms with Gasteiger partial charge in [-0.2, -0.15) is 0 Å². The number of carbonyl (C=O) groups is 2. The van der Waals surface area contributed by atoms with E-state index in [0.717, 1.165) is 0 Å². The fourth-order valence-corrected chi connectivity index (χ4v) is 0.867. The predicted molar refractivity (Wildman–Crippen MR) is 51.0 cm³/mol. The molecule has 1 aromatic heterocycles. The Kier molecular flexibility index (Phi) is 3.60. The minimum atomic E-state index is -0.380. The summed E-state index contributed by atoms with van der Waals surface area (Å²) in [5.74, 6) is -0.214. The highest BCUT2D eigenvalue weighted by molar-refractivity contribution is 5.97. The van der Waals surface area contributed by atoms with Gasteiger partial charge in [0, 0.05) is 13.2 Å². The predicted octanol–water partition coefficient (Wildman–Crippen LogP) is 0.193. The summed E-state index contributed by atoms with van der Waals surface area (Å²) in [6, 6.07) is 4.67. The highest BCUT2D eigenvalue weighted by Crippen LogP contribution is 1.93. The average molecular weight is 193 g/mol. The van der Waals surface area contributed by atoms with Crippen LogP contribution >= 0.6 is 0 Å². The van der Waals surface area contributed by atoms with Crippen LogP contribution in [0.1, 0.15) is 10.5 Å². The van der Waals surface area contributed by atoms with Gasteiger partial charge in [-0.05, 0) is 12.1 Å². The highest BCUT2D eigenvalue weighted by Gasteiger charge is 2.06. The smallest absolute Gasteiger partial charge is 0.314 e. The number of rotatable bonds is 3. The van der Waals surface area contributed by atoms with Crippen LogP contribution in [0.4, 0.5) is 4.79 Å². The molecule has 14 heavy (non-hydrogen) atoms. The Balaban J connectivity index is 2.48. The highest BCUT2D eigenvalue weighted by atomic mass is 16.2. The molecule has 74 valence electrons. The summed E-state index contributed by atoms with van der Waals surface area (Å²) in [7, 11) is 1.49. The number of pyridine rings is 1. The van der Waals surface area contributed by atoms with Crippen LogP contribution in [-0.2, 0) is 0 Å². The van der Waals surface area contributed by atoms with Crippen molar-refractivity contribution in [2.24, 2.45) is 0 Å². The maximum Gasteiger partial charge on any atom is 0.314 e. The molecule has 0 bridgehead atoms. The van der Waals surface area contributed by atoms with Crippen molar-refractivity contribution < 1.29 is 9.59 Å². The van der Waals surface area contributed by atoms with E-state index >= 15 is 0 Å². The minimum Gasteiger partial charge on any atom is -0.341 e. The van der Waals surface area contributed by atoms with E-state index in [9.17, 15) is 9.59 Å². The number of urea groups is 1. The van der Waals surface area contributed by atoms with E-state index in [4.69, 9.17) is 0 Å². The molecule has 5 heteroatoms. The van der Waals surface area contributed by atoms with Gasteiger partial charge in [0.15, 0.2) is 5.78 Å². The van der Waals surface area contributed by atoms with E-state index < -0.39 is 0 Å². The number of nitrogens with zero attached hydrogens (tertiary/aromatic N) is 1. The molecule has 0 saturated carbocycles. The van der Waals surface area contributed by atoms with Gasteiger partial charge in [-0.25, -0.2) is 4.79 Å². The molecule has 1 aromatic rings. The van der Waals surface area contributed by atoms with Gasteiger partial charge >= 0.3 is 6.03 Å². The second-order valence-corrected chi connectivity index (χ2v) is 2.57. The van der Waals surface area contributed by atoms with Crippen LogP contribution < -0.4 is 10.6 Å². The van der Waals surface area contributed by atoms with Crippen LogP contribution in [0.5, 0.6) is 0 Å². The summed E-state index contributed by atoms with van der Waals surface area (Å²) in [5, 5.41) is 4.74. The number of hydrogen-bond acceptors (Lipinski definition) is 3. The van der Waals surface area contributed by atoms with E-state index in [2.05, 4.69) is 15.6 Å². The summed E-state index contributed by atoms with van der Waals surface area (Å²) >= 11 is 0. The van der Waals surface area contributed by atoms with Gasteiger partial charge in [0.1, 0.15) is 5.69 Å². The minimum absolute atomic E-state index is 0.0450. The lowest BCUT2D eigenvalue weighted by Gasteiger charge is -2.02. The summed E-state index contributed by atoms with van der Waals surface area (Å²) in [5.41, 5.74) is 0.351. The van der Waals surface area contributed by atoms with Crippen molar-refractivity contribution in [1.29, 1.82) is 0 Å². The number of aromatic nitrogens is 1. The normalized spacial score (nSPS) is 9.21. The topological polar surface area (TPSA) is 71.1 Å². The number of hydrogen-bond donors (Lipinski definition) is 2. The number of amides is 2. The first-order valence-corrected chi connectivity index (χ1v) is 4.14. The number of Topliss-reactive ketones (excluding diaryl/α,β-unsaturated/α-hetero) is 1. The average Bonchev–Trinajstić information content (AvgIpc) is 2.26. The lowest BCUT2D eigenvalue weighted by molar-refractivity contribution is 0.0988. The van der Waals surface area contributed by atoms with Crippen molar-refractivity contribution in [3.05, 3.63) is 30.1 Å². The van der Waals surface area contributed by atoms with Gasteiger partial charge < -0.3 is 10.6 Å². The van der Waals surface area contributed by atoms with Crippen molar-refractivity contribution in [2.75, 3.05) is 13.6 Å². The molecule has 1 rings (SSSR count). The maximum atomic E-state index is 11.4. The third kappa shape index (κ3) is 2.85. The van der Waals surface area contributed by atoms with Crippen LogP contribution in [0.25, 0.3) is 0 Å². The number of ketones is 1. The van der Waals surface area contributed by atoms with Crippen molar-refractivity contribution in [2.45, 2.75) is 0 Å². The van der Waals surface area contributed by atoms with Crippen LogP contribution in [0.2, 0.25) is 0 Å². The molecule has 0 aliphatic heterocycles. The van der Waals surface area contributed by atoms with Crippen LogP contribution in [-0.4, -0.2) is 30.4 Å².